The van der Waals surface area contributed by atoms with Crippen molar-refractivity contribution in [1.29, 1.82) is 0 Å². The van der Waals surface area contributed by atoms with Crippen LogP contribution in [0.2, 0.25) is 0 Å². The molecule has 0 aliphatic heterocycles. The predicted octanol–water partition coefficient (Wildman–Crippen LogP) is 4.86. The summed E-state index contributed by atoms with van der Waals surface area (Å²) in [7, 11) is 2.05. The van der Waals surface area contributed by atoms with Gasteiger partial charge in [-0.2, -0.15) is 0 Å². The van der Waals surface area contributed by atoms with Crippen molar-refractivity contribution >= 4 is 11.3 Å². The summed E-state index contributed by atoms with van der Waals surface area (Å²) in [6, 6.07) is 11.7. The topological polar surface area (TPSA) is 12.0 Å². The maximum absolute atomic E-state index is 3.45. The highest BCUT2D eigenvalue weighted by Crippen LogP contribution is 2.28. The molecule has 2 aromatic rings. The number of hydrogen-bond acceptors (Lipinski definition) is 2. The van der Waals surface area contributed by atoms with Crippen LogP contribution in [0.3, 0.4) is 0 Å². The van der Waals surface area contributed by atoms with Crippen molar-refractivity contribution in [3.05, 3.63) is 57.3 Å². The van der Waals surface area contributed by atoms with Crippen molar-refractivity contribution in [2.24, 2.45) is 0 Å². The van der Waals surface area contributed by atoms with Gasteiger partial charge in [0.25, 0.3) is 0 Å². The van der Waals surface area contributed by atoms with Crippen LogP contribution < -0.4 is 5.32 Å². The summed E-state index contributed by atoms with van der Waals surface area (Å²) in [5.74, 6) is 0. The van der Waals surface area contributed by atoms with Crippen molar-refractivity contribution in [2.45, 2.75) is 45.6 Å². The molecule has 0 radical (unpaired) electrons. The number of benzene rings is 1. The molecule has 1 N–H and O–H groups in total. The molecular weight excluding hydrogens is 262 g/mol. The van der Waals surface area contributed by atoms with Crippen LogP contribution >= 0.6 is 11.3 Å². The second-order valence-electron chi connectivity index (χ2n) is 6.46. The lowest BCUT2D eigenvalue weighted by Crippen LogP contribution is -2.18. The van der Waals surface area contributed by atoms with Gasteiger partial charge in [0.2, 0.25) is 0 Å². The van der Waals surface area contributed by atoms with Crippen molar-refractivity contribution in [1.82, 2.24) is 5.32 Å². The molecule has 0 amide bonds. The first-order valence-corrected chi connectivity index (χ1v) is 8.10. The summed E-state index contributed by atoms with van der Waals surface area (Å²) in [5, 5.41) is 5.63. The Labute approximate surface area is 127 Å². The van der Waals surface area contributed by atoms with E-state index >= 15 is 0 Å². The van der Waals surface area contributed by atoms with Gasteiger partial charge in [-0.15, -0.1) is 11.3 Å². The lowest BCUT2D eigenvalue weighted by atomic mass is 9.86. The summed E-state index contributed by atoms with van der Waals surface area (Å²) >= 11 is 1.85. The van der Waals surface area contributed by atoms with Crippen LogP contribution in [0.5, 0.6) is 0 Å². The smallest absolute Gasteiger partial charge is 0.0455 e. The highest BCUT2D eigenvalue weighted by atomic mass is 32.1. The zero-order valence-electron chi connectivity index (χ0n) is 13.2. The zero-order valence-corrected chi connectivity index (χ0v) is 14.0. The summed E-state index contributed by atoms with van der Waals surface area (Å²) in [6.07, 6.45) is 1.04. The average molecular weight is 287 g/mol. The minimum atomic E-state index is 0.227. The van der Waals surface area contributed by atoms with E-state index in [0.29, 0.717) is 6.04 Å². The predicted molar refractivity (Wildman–Crippen MR) is 89.7 cm³/mol. The fraction of sp³-hybridized carbons (Fsp3) is 0.444. The summed E-state index contributed by atoms with van der Waals surface area (Å²) < 4.78 is 0. The van der Waals surface area contributed by atoms with Gasteiger partial charge >= 0.3 is 0 Å². The lowest BCUT2D eigenvalue weighted by molar-refractivity contribution is 0.586. The Morgan fingerprint density at radius 3 is 2.20 bits per heavy atom. The molecule has 0 fully saturated rings. The van der Waals surface area contributed by atoms with Crippen LogP contribution in [0, 0.1) is 6.92 Å². The minimum absolute atomic E-state index is 0.227. The number of hydrogen-bond donors (Lipinski definition) is 1. The third-order valence-corrected chi connectivity index (χ3v) is 4.96. The van der Waals surface area contributed by atoms with E-state index in [1.165, 1.54) is 21.6 Å². The molecule has 1 aromatic heterocycles. The van der Waals surface area contributed by atoms with E-state index in [-0.39, 0.29) is 5.41 Å². The Morgan fingerprint density at radius 1 is 1.10 bits per heavy atom. The number of thiophene rings is 1. The van der Waals surface area contributed by atoms with Gasteiger partial charge in [0.05, 0.1) is 0 Å². The van der Waals surface area contributed by atoms with Gasteiger partial charge in [-0.1, -0.05) is 45.0 Å². The molecule has 1 unspecified atom stereocenters. The highest BCUT2D eigenvalue weighted by molar-refractivity contribution is 7.10. The molecule has 0 saturated carbocycles. The molecule has 2 rings (SSSR count). The van der Waals surface area contributed by atoms with Crippen LogP contribution in [0.25, 0.3) is 0 Å². The van der Waals surface area contributed by atoms with E-state index in [1.54, 1.807) is 0 Å². The van der Waals surface area contributed by atoms with Gasteiger partial charge in [0.15, 0.2) is 0 Å². The van der Waals surface area contributed by atoms with Gasteiger partial charge in [0, 0.05) is 10.9 Å². The molecule has 1 atom stereocenters. The van der Waals surface area contributed by atoms with E-state index in [2.05, 4.69) is 68.7 Å². The minimum Gasteiger partial charge on any atom is -0.312 e. The largest absolute Gasteiger partial charge is 0.312 e. The van der Waals surface area contributed by atoms with E-state index in [1.807, 2.05) is 18.4 Å². The molecular formula is C18H25NS. The number of rotatable bonds is 4. The van der Waals surface area contributed by atoms with Crippen LogP contribution in [0.1, 0.15) is 48.4 Å². The van der Waals surface area contributed by atoms with E-state index in [4.69, 9.17) is 0 Å². The monoisotopic (exact) mass is 287 g/mol. The molecule has 0 aliphatic rings. The van der Waals surface area contributed by atoms with Crippen molar-refractivity contribution in [3.8, 4) is 0 Å². The Hall–Kier alpha value is -1.12. The second-order valence-corrected chi connectivity index (χ2v) is 7.41. The molecule has 0 spiro atoms. The second kappa shape index (κ2) is 6.11. The Kier molecular flexibility index (Phi) is 4.66. The Balaban J connectivity index is 2.15. The first kappa shape index (κ1) is 15.3. The maximum Gasteiger partial charge on any atom is 0.0455 e. The van der Waals surface area contributed by atoms with Crippen LogP contribution in [0.15, 0.2) is 35.7 Å². The highest BCUT2D eigenvalue weighted by Gasteiger charge is 2.16. The van der Waals surface area contributed by atoms with Crippen molar-refractivity contribution < 1.29 is 0 Å². The standard InChI is InChI=1S/C18H25NS/c1-13-10-11-20-17(13)16(19-5)12-14-6-8-15(9-7-14)18(2,3)4/h6-11,16,19H,12H2,1-5H3. The molecule has 20 heavy (non-hydrogen) atoms. The Bertz CT molecular complexity index is 546. The number of nitrogens with one attached hydrogen (secondary N) is 1. The molecule has 0 aliphatic carbocycles. The molecule has 1 nitrogen and oxygen atoms in total. The van der Waals surface area contributed by atoms with Crippen LogP contribution in [0.4, 0.5) is 0 Å². The average Bonchev–Trinajstić information content (AvgIpc) is 2.82. The lowest BCUT2D eigenvalue weighted by Gasteiger charge is -2.20. The first-order chi connectivity index (χ1) is 9.41. The molecule has 1 heterocycles. The summed E-state index contributed by atoms with van der Waals surface area (Å²) in [6.45, 7) is 8.97. The molecule has 108 valence electrons. The number of likely N-dealkylation sites (N-methyl/N-ethyl adjacent to an activating group) is 1. The number of aryl methyl sites for hydroxylation is 1. The molecule has 0 saturated heterocycles. The molecule has 2 heteroatoms. The Morgan fingerprint density at radius 2 is 1.75 bits per heavy atom. The van der Waals surface area contributed by atoms with Crippen LogP contribution in [-0.2, 0) is 11.8 Å². The first-order valence-electron chi connectivity index (χ1n) is 7.22. The SMILES string of the molecule is CNC(Cc1ccc(C(C)(C)C)cc1)c1sccc1C. The third-order valence-electron chi connectivity index (χ3n) is 3.83. The van der Waals surface area contributed by atoms with E-state index < -0.39 is 0 Å². The van der Waals surface area contributed by atoms with Crippen molar-refractivity contribution in [3.63, 3.8) is 0 Å². The fourth-order valence-electron chi connectivity index (χ4n) is 2.44. The summed E-state index contributed by atoms with van der Waals surface area (Å²) in [5.41, 5.74) is 4.41. The zero-order chi connectivity index (χ0) is 14.8. The van der Waals surface area contributed by atoms with Gasteiger partial charge in [-0.25, -0.2) is 0 Å². The van der Waals surface area contributed by atoms with Gasteiger partial charge in [-0.05, 0) is 53.9 Å². The van der Waals surface area contributed by atoms with Gasteiger partial charge in [-0.3, -0.25) is 0 Å². The maximum atomic E-state index is 3.45. The molecule has 0 bridgehead atoms. The van der Waals surface area contributed by atoms with Gasteiger partial charge < -0.3 is 5.32 Å². The van der Waals surface area contributed by atoms with E-state index in [9.17, 15) is 0 Å². The third kappa shape index (κ3) is 3.50. The quantitative estimate of drug-likeness (QED) is 0.847. The van der Waals surface area contributed by atoms with Crippen molar-refractivity contribution in [2.75, 3.05) is 7.05 Å². The normalized spacial score (nSPS) is 13.4. The van der Waals surface area contributed by atoms with Crippen LogP contribution in [-0.4, -0.2) is 7.05 Å². The fourth-order valence-corrected chi connectivity index (χ4v) is 3.48. The summed E-state index contributed by atoms with van der Waals surface area (Å²) in [4.78, 5) is 1.45. The van der Waals surface area contributed by atoms with E-state index in [0.717, 1.165) is 6.42 Å². The molecule has 1 aromatic carbocycles. The van der Waals surface area contributed by atoms with Gasteiger partial charge in [0.1, 0.15) is 0 Å².